The number of nitrogens with one attached hydrogen (secondary N) is 1. The summed E-state index contributed by atoms with van der Waals surface area (Å²) >= 11 is 0.602. The zero-order valence-corrected chi connectivity index (χ0v) is 8.12. The number of hydrogen-bond donors (Lipinski definition) is 2. The van der Waals surface area contributed by atoms with Gasteiger partial charge in [-0.3, -0.25) is 5.84 Å². The van der Waals surface area contributed by atoms with Crippen molar-refractivity contribution in [2.45, 2.75) is 6.18 Å². The molecule has 0 bridgehead atoms. The van der Waals surface area contributed by atoms with E-state index < -0.39 is 11.2 Å². The van der Waals surface area contributed by atoms with Crippen LogP contribution >= 0.6 is 11.3 Å². The molecular weight excluding hydrogens is 227 g/mol. The third-order valence-electron chi connectivity index (χ3n) is 1.80. The van der Waals surface area contributed by atoms with Gasteiger partial charge in [-0.1, -0.05) is 0 Å². The van der Waals surface area contributed by atoms with Crippen molar-refractivity contribution in [3.05, 3.63) is 23.2 Å². The summed E-state index contributed by atoms with van der Waals surface area (Å²) in [6.45, 7) is 0. The fraction of sp³-hybridized carbons (Fsp3) is 0.125. The van der Waals surface area contributed by atoms with Crippen LogP contribution in [0, 0.1) is 0 Å². The Bertz CT molecular complexity index is 491. The number of rotatable bonds is 1. The summed E-state index contributed by atoms with van der Waals surface area (Å²) in [5, 5.41) is -0.841. The molecule has 0 atom stereocenters. The number of hydrazine groups is 1. The first-order chi connectivity index (χ1) is 7.00. The molecule has 80 valence electrons. The van der Waals surface area contributed by atoms with E-state index in [1.807, 2.05) is 0 Å². The second-order valence-electron chi connectivity index (χ2n) is 2.84. The molecule has 0 saturated carbocycles. The van der Waals surface area contributed by atoms with Gasteiger partial charge in [0.2, 0.25) is 0 Å². The summed E-state index contributed by atoms with van der Waals surface area (Å²) in [6, 6.07) is 4.60. The average Bonchev–Trinajstić information content (AvgIpc) is 2.59. The minimum Gasteiger partial charge on any atom is -0.324 e. The van der Waals surface area contributed by atoms with Crippen LogP contribution in [-0.2, 0) is 6.18 Å². The highest BCUT2D eigenvalue weighted by molar-refractivity contribution is 7.18. The minimum atomic E-state index is -4.39. The predicted molar refractivity (Wildman–Crippen MR) is 52.4 cm³/mol. The van der Waals surface area contributed by atoms with Gasteiger partial charge in [0, 0.05) is 0 Å². The van der Waals surface area contributed by atoms with Crippen LogP contribution < -0.4 is 11.3 Å². The van der Waals surface area contributed by atoms with Crippen LogP contribution in [0.25, 0.3) is 10.2 Å². The first kappa shape index (κ1) is 10.2. The van der Waals surface area contributed by atoms with Crippen LogP contribution in [0.1, 0.15) is 5.01 Å². The van der Waals surface area contributed by atoms with E-state index in [4.69, 9.17) is 5.84 Å². The minimum absolute atomic E-state index is 0.325. The molecule has 2 rings (SSSR count). The zero-order valence-electron chi connectivity index (χ0n) is 7.30. The van der Waals surface area contributed by atoms with Gasteiger partial charge < -0.3 is 5.43 Å². The van der Waals surface area contributed by atoms with E-state index in [9.17, 15) is 13.2 Å². The summed E-state index contributed by atoms with van der Waals surface area (Å²) in [4.78, 5) is 3.48. The lowest BCUT2D eigenvalue weighted by molar-refractivity contribution is -0.137. The van der Waals surface area contributed by atoms with Crippen molar-refractivity contribution in [2.24, 2.45) is 5.84 Å². The van der Waals surface area contributed by atoms with E-state index in [0.717, 1.165) is 0 Å². The fourth-order valence-electron chi connectivity index (χ4n) is 1.14. The first-order valence-electron chi connectivity index (χ1n) is 3.95. The van der Waals surface area contributed by atoms with Crippen LogP contribution in [0.5, 0.6) is 0 Å². The summed E-state index contributed by atoms with van der Waals surface area (Å²) in [7, 11) is 0. The number of nitrogens with two attached hydrogens (primary N) is 1. The summed E-state index contributed by atoms with van der Waals surface area (Å²) in [5.41, 5.74) is 3.25. The lowest BCUT2D eigenvalue weighted by Crippen LogP contribution is -2.05. The molecule has 0 saturated heterocycles. The van der Waals surface area contributed by atoms with E-state index >= 15 is 0 Å². The number of alkyl halides is 3. The Kier molecular flexibility index (Phi) is 2.28. The van der Waals surface area contributed by atoms with E-state index in [2.05, 4.69) is 10.4 Å². The molecule has 1 aromatic heterocycles. The third kappa shape index (κ3) is 1.88. The van der Waals surface area contributed by atoms with Gasteiger partial charge in [-0.25, -0.2) is 4.98 Å². The molecular formula is C8H6F3N3S. The van der Waals surface area contributed by atoms with Crippen LogP contribution in [0.3, 0.4) is 0 Å². The van der Waals surface area contributed by atoms with Crippen LogP contribution in [0.15, 0.2) is 18.2 Å². The van der Waals surface area contributed by atoms with Crippen LogP contribution in [0.4, 0.5) is 18.9 Å². The van der Waals surface area contributed by atoms with Crippen molar-refractivity contribution in [1.82, 2.24) is 4.98 Å². The number of nitrogen functional groups attached to an aromatic ring is 1. The maximum atomic E-state index is 12.3. The summed E-state index contributed by atoms with van der Waals surface area (Å²) in [5.74, 6) is 5.15. The standard InChI is InChI=1S/C8H6F3N3S/c9-8(10,11)7-13-5-2-1-4(14-12)3-6(5)15-7/h1-3,14H,12H2. The van der Waals surface area contributed by atoms with E-state index in [-0.39, 0.29) is 0 Å². The number of halogens is 3. The van der Waals surface area contributed by atoms with Crippen molar-refractivity contribution in [3.63, 3.8) is 0 Å². The van der Waals surface area contributed by atoms with Gasteiger partial charge in [0.1, 0.15) is 0 Å². The predicted octanol–water partition coefficient (Wildman–Crippen LogP) is 2.60. The highest BCUT2D eigenvalue weighted by Crippen LogP contribution is 2.35. The van der Waals surface area contributed by atoms with Crippen molar-refractivity contribution in [3.8, 4) is 0 Å². The van der Waals surface area contributed by atoms with Gasteiger partial charge in [-0.15, -0.1) is 11.3 Å². The summed E-state index contributed by atoms with van der Waals surface area (Å²) in [6.07, 6.45) is -4.39. The van der Waals surface area contributed by atoms with E-state index in [0.29, 0.717) is 27.2 Å². The van der Waals surface area contributed by atoms with Gasteiger partial charge in [-0.2, -0.15) is 13.2 Å². The molecule has 0 aliphatic rings. The Morgan fingerprint density at radius 2 is 2.07 bits per heavy atom. The molecule has 2 aromatic rings. The summed E-state index contributed by atoms with van der Waals surface area (Å²) < 4.78 is 37.4. The van der Waals surface area contributed by atoms with Crippen molar-refractivity contribution in [2.75, 3.05) is 5.43 Å². The Hall–Kier alpha value is -1.34. The van der Waals surface area contributed by atoms with Gasteiger partial charge in [0.15, 0.2) is 5.01 Å². The Morgan fingerprint density at radius 3 is 2.67 bits per heavy atom. The SMILES string of the molecule is NNc1ccc2nc(C(F)(F)F)sc2c1. The van der Waals surface area contributed by atoms with E-state index in [1.165, 1.54) is 12.1 Å². The number of anilines is 1. The molecule has 15 heavy (non-hydrogen) atoms. The molecule has 7 heteroatoms. The highest BCUT2D eigenvalue weighted by atomic mass is 32.1. The molecule has 0 unspecified atom stereocenters. The maximum absolute atomic E-state index is 12.3. The monoisotopic (exact) mass is 233 g/mol. The number of hydrogen-bond acceptors (Lipinski definition) is 4. The van der Waals surface area contributed by atoms with Gasteiger partial charge >= 0.3 is 6.18 Å². The number of nitrogens with zero attached hydrogens (tertiary/aromatic N) is 1. The average molecular weight is 233 g/mol. The quantitative estimate of drug-likeness (QED) is 0.588. The second-order valence-corrected chi connectivity index (χ2v) is 3.87. The van der Waals surface area contributed by atoms with Crippen molar-refractivity contribution in [1.29, 1.82) is 0 Å². The molecule has 3 nitrogen and oxygen atoms in total. The zero-order chi connectivity index (χ0) is 11.1. The van der Waals surface area contributed by atoms with Crippen LogP contribution in [0.2, 0.25) is 0 Å². The second kappa shape index (κ2) is 3.35. The molecule has 0 spiro atoms. The fourth-order valence-corrected chi connectivity index (χ4v) is 2.01. The molecule has 0 fully saturated rings. The van der Waals surface area contributed by atoms with Gasteiger partial charge in [0.05, 0.1) is 15.9 Å². The topological polar surface area (TPSA) is 50.9 Å². The molecule has 0 aliphatic heterocycles. The maximum Gasteiger partial charge on any atom is 0.443 e. The lowest BCUT2D eigenvalue weighted by Gasteiger charge is -1.98. The Balaban J connectivity index is 2.56. The first-order valence-corrected chi connectivity index (χ1v) is 4.77. The third-order valence-corrected chi connectivity index (χ3v) is 2.86. The van der Waals surface area contributed by atoms with E-state index in [1.54, 1.807) is 6.07 Å². The highest BCUT2D eigenvalue weighted by Gasteiger charge is 2.34. The van der Waals surface area contributed by atoms with Gasteiger partial charge in [0.25, 0.3) is 0 Å². The number of thiazole rings is 1. The molecule has 3 N–H and O–H groups in total. The Morgan fingerprint density at radius 1 is 1.33 bits per heavy atom. The van der Waals surface area contributed by atoms with Crippen molar-refractivity contribution < 1.29 is 13.2 Å². The number of aromatic nitrogens is 1. The largest absolute Gasteiger partial charge is 0.443 e. The smallest absolute Gasteiger partial charge is 0.324 e. The molecule has 0 aliphatic carbocycles. The molecule has 0 radical (unpaired) electrons. The number of fused-ring (bicyclic) bond motifs is 1. The lowest BCUT2D eigenvalue weighted by atomic mass is 10.3. The van der Waals surface area contributed by atoms with Gasteiger partial charge in [-0.05, 0) is 18.2 Å². The van der Waals surface area contributed by atoms with Crippen molar-refractivity contribution >= 4 is 27.2 Å². The molecule has 1 aromatic carbocycles. The molecule has 1 heterocycles. The normalized spacial score (nSPS) is 12.0. The number of benzene rings is 1. The van der Waals surface area contributed by atoms with Crippen LogP contribution in [-0.4, -0.2) is 4.98 Å². The Labute approximate surface area is 86.7 Å². The molecule has 0 amide bonds.